The molecule has 0 aliphatic carbocycles. The van der Waals surface area contributed by atoms with Gasteiger partial charge in [0.05, 0.1) is 12.1 Å². The van der Waals surface area contributed by atoms with Crippen LogP contribution >= 0.6 is 11.8 Å². The summed E-state index contributed by atoms with van der Waals surface area (Å²) in [5, 5.41) is 2.68. The Morgan fingerprint density at radius 3 is 2.74 bits per heavy atom. The number of hydrogen-bond acceptors (Lipinski definition) is 4. The van der Waals surface area contributed by atoms with Crippen molar-refractivity contribution >= 4 is 29.3 Å². The Bertz CT molecular complexity index is 580. The third-order valence-corrected chi connectivity index (χ3v) is 4.29. The standard InChI is InChI=1S/C15H19F2N3O2S/c1-23-6-5-12(18)15(22)19-9-7-13(21)20(8-9)14-10(16)3-2-4-11(14)17/h2-4,9,12H,5-8,18H2,1H3,(H,19,22). The van der Waals surface area contributed by atoms with Crippen LogP contribution in [0.2, 0.25) is 0 Å². The van der Waals surface area contributed by atoms with Crippen molar-refractivity contribution < 1.29 is 18.4 Å². The quantitative estimate of drug-likeness (QED) is 0.816. The van der Waals surface area contributed by atoms with Gasteiger partial charge in [0.2, 0.25) is 11.8 Å². The molecule has 1 aliphatic heterocycles. The highest BCUT2D eigenvalue weighted by Gasteiger charge is 2.35. The minimum atomic E-state index is -0.804. The van der Waals surface area contributed by atoms with Crippen LogP contribution in [-0.2, 0) is 9.59 Å². The first-order chi connectivity index (χ1) is 10.9. The molecule has 2 amide bonds. The molecule has 2 atom stereocenters. The van der Waals surface area contributed by atoms with Gasteiger partial charge < -0.3 is 16.0 Å². The molecule has 1 aliphatic rings. The molecule has 0 bridgehead atoms. The lowest BCUT2D eigenvalue weighted by atomic mass is 10.2. The van der Waals surface area contributed by atoms with Crippen molar-refractivity contribution in [1.82, 2.24) is 5.32 Å². The lowest BCUT2D eigenvalue weighted by Crippen LogP contribution is -2.46. The zero-order chi connectivity index (χ0) is 17.0. The van der Waals surface area contributed by atoms with E-state index in [1.807, 2.05) is 6.26 Å². The summed E-state index contributed by atoms with van der Waals surface area (Å²) in [7, 11) is 0. The summed E-state index contributed by atoms with van der Waals surface area (Å²) in [5.74, 6) is -1.64. The fourth-order valence-electron chi connectivity index (χ4n) is 2.45. The van der Waals surface area contributed by atoms with Crippen LogP contribution < -0.4 is 16.0 Å². The van der Waals surface area contributed by atoms with E-state index in [0.29, 0.717) is 6.42 Å². The number of nitrogens with one attached hydrogen (secondary N) is 1. The van der Waals surface area contributed by atoms with Crippen LogP contribution in [-0.4, -0.2) is 42.5 Å². The second-order valence-electron chi connectivity index (χ2n) is 5.37. The van der Waals surface area contributed by atoms with Crippen molar-refractivity contribution in [3.8, 4) is 0 Å². The van der Waals surface area contributed by atoms with Crippen LogP contribution in [0.25, 0.3) is 0 Å². The maximum atomic E-state index is 13.8. The zero-order valence-corrected chi connectivity index (χ0v) is 13.5. The van der Waals surface area contributed by atoms with Crippen molar-refractivity contribution in [2.45, 2.75) is 24.9 Å². The van der Waals surface area contributed by atoms with Gasteiger partial charge in [-0.1, -0.05) is 6.07 Å². The lowest BCUT2D eigenvalue weighted by molar-refractivity contribution is -0.123. The SMILES string of the molecule is CSCCC(N)C(=O)NC1CC(=O)N(c2c(F)cccc2F)C1. The third-order valence-electron chi connectivity index (χ3n) is 3.65. The number of halogens is 2. The van der Waals surface area contributed by atoms with E-state index in [-0.39, 0.29) is 24.6 Å². The van der Waals surface area contributed by atoms with E-state index in [4.69, 9.17) is 5.73 Å². The molecule has 1 fully saturated rings. The number of nitrogens with two attached hydrogens (primary N) is 1. The number of para-hydroxylation sites is 1. The Morgan fingerprint density at radius 2 is 2.13 bits per heavy atom. The summed E-state index contributed by atoms with van der Waals surface area (Å²) in [4.78, 5) is 25.0. The average molecular weight is 343 g/mol. The topological polar surface area (TPSA) is 75.4 Å². The second kappa shape index (κ2) is 7.74. The predicted molar refractivity (Wildman–Crippen MR) is 86.2 cm³/mol. The van der Waals surface area contributed by atoms with Gasteiger partial charge in [0, 0.05) is 13.0 Å². The fourth-order valence-corrected chi connectivity index (χ4v) is 2.94. The molecule has 1 aromatic rings. The van der Waals surface area contributed by atoms with Gasteiger partial charge in [-0.15, -0.1) is 0 Å². The predicted octanol–water partition coefficient (Wildman–Crippen LogP) is 1.27. The first-order valence-electron chi connectivity index (χ1n) is 7.23. The lowest BCUT2D eigenvalue weighted by Gasteiger charge is -2.19. The van der Waals surface area contributed by atoms with Gasteiger partial charge in [-0.05, 0) is 30.6 Å². The molecule has 2 unspecified atom stereocenters. The maximum absolute atomic E-state index is 13.8. The number of hydrogen-bond donors (Lipinski definition) is 2. The van der Waals surface area contributed by atoms with E-state index in [1.165, 1.54) is 6.07 Å². The molecule has 3 N–H and O–H groups in total. The molecule has 2 rings (SSSR count). The largest absolute Gasteiger partial charge is 0.350 e. The number of rotatable bonds is 6. The van der Waals surface area contributed by atoms with Crippen LogP contribution in [0.3, 0.4) is 0 Å². The maximum Gasteiger partial charge on any atom is 0.237 e. The van der Waals surface area contributed by atoms with Crippen molar-refractivity contribution in [1.29, 1.82) is 0 Å². The number of amides is 2. The molecule has 1 aromatic carbocycles. The van der Waals surface area contributed by atoms with Gasteiger partial charge in [0.1, 0.15) is 17.3 Å². The fraction of sp³-hybridized carbons (Fsp3) is 0.467. The average Bonchev–Trinajstić information content (AvgIpc) is 2.85. The summed E-state index contributed by atoms with van der Waals surface area (Å²) < 4.78 is 27.6. The first-order valence-corrected chi connectivity index (χ1v) is 8.62. The minimum Gasteiger partial charge on any atom is -0.350 e. The summed E-state index contributed by atoms with van der Waals surface area (Å²) >= 11 is 1.59. The zero-order valence-electron chi connectivity index (χ0n) is 12.7. The smallest absolute Gasteiger partial charge is 0.237 e. The summed E-state index contributed by atoms with van der Waals surface area (Å²) in [5.41, 5.74) is 5.39. The Morgan fingerprint density at radius 1 is 1.48 bits per heavy atom. The molecule has 126 valence electrons. The Kier molecular flexibility index (Phi) is 5.95. The van der Waals surface area contributed by atoms with Gasteiger partial charge in [0.15, 0.2) is 0 Å². The summed E-state index contributed by atoms with van der Waals surface area (Å²) in [6.07, 6.45) is 2.44. The first kappa shape index (κ1) is 17.7. The minimum absolute atomic E-state index is 0.00520. The number of anilines is 1. The second-order valence-corrected chi connectivity index (χ2v) is 6.36. The normalized spacial score (nSPS) is 19.0. The number of carbonyl (C=O) groups is 2. The van der Waals surface area contributed by atoms with E-state index in [1.54, 1.807) is 11.8 Å². The molecule has 0 spiro atoms. The van der Waals surface area contributed by atoms with Crippen molar-refractivity contribution in [3.05, 3.63) is 29.8 Å². The Labute approximate surface area is 137 Å². The number of carbonyl (C=O) groups excluding carboxylic acids is 2. The van der Waals surface area contributed by atoms with Gasteiger partial charge in [-0.25, -0.2) is 8.78 Å². The number of thioether (sulfide) groups is 1. The van der Waals surface area contributed by atoms with Crippen molar-refractivity contribution in [2.75, 3.05) is 23.5 Å². The van der Waals surface area contributed by atoms with Gasteiger partial charge in [-0.2, -0.15) is 11.8 Å². The molecule has 0 saturated carbocycles. The molecule has 5 nitrogen and oxygen atoms in total. The molecular weight excluding hydrogens is 324 g/mol. The molecular formula is C15H19F2N3O2S. The highest BCUT2D eigenvalue weighted by atomic mass is 32.2. The molecule has 23 heavy (non-hydrogen) atoms. The summed E-state index contributed by atoms with van der Waals surface area (Å²) in [6.45, 7) is 0.0255. The summed E-state index contributed by atoms with van der Waals surface area (Å²) in [6, 6.07) is 2.26. The van der Waals surface area contributed by atoms with Crippen molar-refractivity contribution in [2.24, 2.45) is 5.73 Å². The van der Waals surface area contributed by atoms with E-state index in [9.17, 15) is 18.4 Å². The molecule has 1 saturated heterocycles. The highest BCUT2D eigenvalue weighted by Crippen LogP contribution is 2.27. The highest BCUT2D eigenvalue weighted by molar-refractivity contribution is 7.98. The van der Waals surface area contributed by atoms with Gasteiger partial charge >= 0.3 is 0 Å². The van der Waals surface area contributed by atoms with Crippen molar-refractivity contribution in [3.63, 3.8) is 0 Å². The van der Waals surface area contributed by atoms with Gasteiger partial charge in [-0.3, -0.25) is 9.59 Å². The molecule has 8 heteroatoms. The van der Waals surface area contributed by atoms with Crippen LogP contribution in [0.4, 0.5) is 14.5 Å². The monoisotopic (exact) mass is 343 g/mol. The van der Waals surface area contributed by atoms with Gasteiger partial charge in [0.25, 0.3) is 0 Å². The molecule has 1 heterocycles. The van der Waals surface area contributed by atoms with E-state index < -0.39 is 29.6 Å². The molecule has 0 aromatic heterocycles. The number of benzene rings is 1. The molecule has 0 radical (unpaired) electrons. The Hall–Kier alpha value is -1.67. The van der Waals surface area contributed by atoms with Crippen LogP contribution in [0.5, 0.6) is 0 Å². The Balaban J connectivity index is 2.01. The van der Waals surface area contributed by atoms with Crippen LogP contribution in [0.1, 0.15) is 12.8 Å². The van der Waals surface area contributed by atoms with E-state index >= 15 is 0 Å². The van der Waals surface area contributed by atoms with E-state index in [2.05, 4.69) is 5.32 Å². The van der Waals surface area contributed by atoms with E-state index in [0.717, 1.165) is 22.8 Å². The number of nitrogens with zero attached hydrogens (tertiary/aromatic N) is 1. The third kappa shape index (κ3) is 4.20. The van der Waals surface area contributed by atoms with Crippen LogP contribution in [0, 0.1) is 11.6 Å². The van der Waals surface area contributed by atoms with Crippen LogP contribution in [0.15, 0.2) is 18.2 Å².